The topological polar surface area (TPSA) is 75.3 Å². The van der Waals surface area contributed by atoms with E-state index in [0.717, 1.165) is 6.07 Å². The Morgan fingerprint density at radius 1 is 1.10 bits per heavy atom. The number of fused-ring (bicyclic) bond motifs is 1. The third-order valence-corrected chi connectivity index (χ3v) is 2.57. The fourth-order valence-corrected chi connectivity index (χ4v) is 1.75. The van der Waals surface area contributed by atoms with Crippen LogP contribution in [0.1, 0.15) is 23.2 Å². The summed E-state index contributed by atoms with van der Waals surface area (Å²) in [6.45, 7) is 0. The normalized spacial score (nSPS) is 14.9. The highest BCUT2D eigenvalue weighted by Gasteiger charge is 2.32. The van der Waals surface area contributed by atoms with Gasteiger partial charge in [-0.05, 0) is 18.2 Å². The highest BCUT2D eigenvalue weighted by atomic mass is 19.4. The molecule has 1 heterocycles. The highest BCUT2D eigenvalue weighted by Crippen LogP contribution is 2.28. The van der Waals surface area contributed by atoms with Gasteiger partial charge in [0.15, 0.2) is 5.78 Å². The van der Waals surface area contributed by atoms with E-state index in [9.17, 15) is 27.6 Å². The summed E-state index contributed by atoms with van der Waals surface area (Å²) < 4.78 is 36.5. The van der Waals surface area contributed by atoms with Crippen molar-refractivity contribution in [3.63, 3.8) is 0 Å². The van der Waals surface area contributed by atoms with Gasteiger partial charge >= 0.3 is 6.18 Å². The minimum atomic E-state index is -4.60. The Morgan fingerprint density at radius 2 is 1.70 bits per heavy atom. The zero-order valence-electron chi connectivity index (χ0n) is 10.0. The molecule has 1 aromatic rings. The van der Waals surface area contributed by atoms with Gasteiger partial charge in [-0.1, -0.05) is 0 Å². The first-order valence-electron chi connectivity index (χ1n) is 5.58. The second-order valence-electron chi connectivity index (χ2n) is 4.25. The minimum Gasteiger partial charge on any atom is -0.324 e. The molecule has 0 spiro atoms. The van der Waals surface area contributed by atoms with Gasteiger partial charge < -0.3 is 10.6 Å². The fraction of sp³-hybridized carbons (Fsp3) is 0.250. The molecule has 1 aromatic carbocycles. The van der Waals surface area contributed by atoms with Gasteiger partial charge in [0.25, 0.3) is 0 Å². The molecular formula is C12H9F3N2O3. The number of hydrogen-bond donors (Lipinski definition) is 2. The molecule has 20 heavy (non-hydrogen) atoms. The maximum absolute atomic E-state index is 12.2. The number of carbonyl (C=O) groups excluding carboxylic acids is 3. The Labute approximate surface area is 111 Å². The van der Waals surface area contributed by atoms with Gasteiger partial charge in [-0.2, -0.15) is 13.2 Å². The van der Waals surface area contributed by atoms with E-state index in [-0.39, 0.29) is 23.4 Å². The van der Waals surface area contributed by atoms with E-state index in [4.69, 9.17) is 0 Å². The monoisotopic (exact) mass is 286 g/mol. The molecule has 106 valence electrons. The van der Waals surface area contributed by atoms with Crippen molar-refractivity contribution in [3.8, 4) is 0 Å². The molecule has 0 fully saturated rings. The lowest BCUT2D eigenvalue weighted by molar-refractivity contribution is -0.126. The lowest BCUT2D eigenvalue weighted by atomic mass is 10.1. The number of nitrogens with one attached hydrogen (secondary N) is 2. The number of halogens is 3. The van der Waals surface area contributed by atoms with Crippen molar-refractivity contribution in [2.24, 2.45) is 0 Å². The Bertz CT molecular complexity index is 596. The number of carbonyl (C=O) groups is 3. The number of amides is 2. The van der Waals surface area contributed by atoms with Crippen LogP contribution < -0.4 is 10.6 Å². The number of Topliss-reactive ketones (excluding diaryl/α,β-unsaturated/α-hetero) is 1. The van der Waals surface area contributed by atoms with Crippen molar-refractivity contribution in [2.75, 3.05) is 10.6 Å². The van der Waals surface area contributed by atoms with E-state index in [0.29, 0.717) is 0 Å². The molecule has 2 rings (SSSR count). The van der Waals surface area contributed by atoms with Gasteiger partial charge in [-0.15, -0.1) is 0 Å². The summed E-state index contributed by atoms with van der Waals surface area (Å²) in [4.78, 5) is 34.1. The lowest BCUT2D eigenvalue weighted by Gasteiger charge is -2.10. The molecule has 2 N–H and O–H groups in total. The zero-order valence-corrected chi connectivity index (χ0v) is 10.0. The van der Waals surface area contributed by atoms with E-state index in [1.807, 2.05) is 0 Å². The van der Waals surface area contributed by atoms with Crippen LogP contribution in [0.3, 0.4) is 0 Å². The highest BCUT2D eigenvalue weighted by molar-refractivity contribution is 6.14. The largest absolute Gasteiger partial charge is 0.396 e. The summed E-state index contributed by atoms with van der Waals surface area (Å²) in [5.74, 6) is -2.23. The average molecular weight is 286 g/mol. The number of hydrogen-bond acceptors (Lipinski definition) is 3. The maximum atomic E-state index is 12.2. The molecular weight excluding hydrogens is 277 g/mol. The van der Waals surface area contributed by atoms with Crippen molar-refractivity contribution in [1.82, 2.24) is 0 Å². The first-order chi connectivity index (χ1) is 9.24. The smallest absolute Gasteiger partial charge is 0.324 e. The third kappa shape index (κ3) is 3.34. The summed E-state index contributed by atoms with van der Waals surface area (Å²) in [6, 6.07) is 3.57. The first kappa shape index (κ1) is 14.0. The van der Waals surface area contributed by atoms with Crippen LogP contribution >= 0.6 is 0 Å². The van der Waals surface area contributed by atoms with Crippen LogP contribution in [-0.4, -0.2) is 23.8 Å². The first-order valence-corrected chi connectivity index (χ1v) is 5.58. The minimum absolute atomic E-state index is 0.105. The van der Waals surface area contributed by atoms with E-state index in [1.165, 1.54) is 12.1 Å². The summed E-state index contributed by atoms with van der Waals surface area (Å²) in [5.41, 5.74) is 0.163. The summed E-state index contributed by atoms with van der Waals surface area (Å²) in [7, 11) is 0. The predicted molar refractivity (Wildman–Crippen MR) is 63.3 cm³/mol. The SMILES string of the molecule is O=C1CC(=O)Nc2cc(C(=O)CC(F)(F)F)ccc2N1. The molecule has 2 amide bonds. The standard InChI is InChI=1S/C12H9F3N2O3/c13-12(14,15)5-9(18)6-1-2-7-8(3-6)17-11(20)4-10(19)16-7/h1-3H,4-5H2,(H,16,19)(H,17,20). The number of alkyl halides is 3. The molecule has 0 aromatic heterocycles. The molecule has 0 bridgehead atoms. The molecule has 1 aliphatic rings. The predicted octanol–water partition coefficient (Wildman–Crippen LogP) is 2.10. The second-order valence-corrected chi connectivity index (χ2v) is 4.25. The van der Waals surface area contributed by atoms with E-state index >= 15 is 0 Å². The molecule has 0 aliphatic carbocycles. The maximum Gasteiger partial charge on any atom is 0.396 e. The summed E-state index contributed by atoms with van der Waals surface area (Å²) >= 11 is 0. The number of anilines is 2. The number of ketones is 1. The van der Waals surface area contributed by atoms with E-state index < -0.39 is 30.2 Å². The average Bonchev–Trinajstić information content (AvgIpc) is 2.42. The van der Waals surface area contributed by atoms with E-state index in [2.05, 4.69) is 10.6 Å². The van der Waals surface area contributed by atoms with Gasteiger partial charge in [-0.3, -0.25) is 14.4 Å². The van der Waals surface area contributed by atoms with Crippen LogP contribution in [0, 0.1) is 0 Å². The molecule has 0 atom stereocenters. The molecule has 0 radical (unpaired) electrons. The Morgan fingerprint density at radius 3 is 2.30 bits per heavy atom. The van der Waals surface area contributed by atoms with Crippen LogP contribution in [0.25, 0.3) is 0 Å². The van der Waals surface area contributed by atoms with E-state index in [1.54, 1.807) is 0 Å². The molecule has 0 unspecified atom stereocenters. The van der Waals surface area contributed by atoms with Gasteiger partial charge in [0.2, 0.25) is 11.8 Å². The third-order valence-electron chi connectivity index (χ3n) is 2.57. The van der Waals surface area contributed by atoms with Crippen LogP contribution in [0.15, 0.2) is 18.2 Å². The van der Waals surface area contributed by atoms with Gasteiger partial charge in [0.05, 0.1) is 11.4 Å². The summed E-state index contributed by atoms with van der Waals surface area (Å²) in [5, 5.41) is 4.77. The molecule has 5 nitrogen and oxygen atoms in total. The van der Waals surface area contributed by atoms with Crippen molar-refractivity contribution in [1.29, 1.82) is 0 Å². The number of benzene rings is 1. The van der Waals surface area contributed by atoms with Crippen LogP contribution in [0.2, 0.25) is 0 Å². The van der Waals surface area contributed by atoms with Crippen molar-refractivity contribution in [3.05, 3.63) is 23.8 Å². The van der Waals surface area contributed by atoms with Gasteiger partial charge in [-0.25, -0.2) is 0 Å². The second kappa shape index (κ2) is 4.95. The van der Waals surface area contributed by atoms with Gasteiger partial charge in [0, 0.05) is 5.56 Å². The van der Waals surface area contributed by atoms with Crippen molar-refractivity contribution in [2.45, 2.75) is 19.0 Å². The lowest BCUT2D eigenvalue weighted by Crippen LogP contribution is -2.16. The molecule has 0 saturated heterocycles. The van der Waals surface area contributed by atoms with Crippen LogP contribution in [-0.2, 0) is 9.59 Å². The Balaban J connectivity index is 2.29. The summed E-state index contributed by atoms with van der Waals surface area (Å²) in [6.07, 6.45) is -6.56. The molecule has 8 heteroatoms. The molecule has 0 saturated carbocycles. The quantitative estimate of drug-likeness (QED) is 0.645. The zero-order chi connectivity index (χ0) is 14.9. The Kier molecular flexibility index (Phi) is 3.47. The number of rotatable bonds is 2. The Hall–Kier alpha value is -2.38. The van der Waals surface area contributed by atoms with Crippen molar-refractivity contribution >= 4 is 29.0 Å². The van der Waals surface area contributed by atoms with Crippen LogP contribution in [0.4, 0.5) is 24.5 Å². The fourth-order valence-electron chi connectivity index (χ4n) is 1.75. The van der Waals surface area contributed by atoms with Crippen LogP contribution in [0.5, 0.6) is 0 Å². The van der Waals surface area contributed by atoms with Gasteiger partial charge in [0.1, 0.15) is 12.8 Å². The van der Waals surface area contributed by atoms with Crippen molar-refractivity contribution < 1.29 is 27.6 Å². The molecule has 1 aliphatic heterocycles.